The summed E-state index contributed by atoms with van der Waals surface area (Å²) < 4.78 is 2.47. The highest BCUT2D eigenvalue weighted by Gasteiger charge is 2.11. The number of rotatable bonds is 4. The molecule has 0 atom stereocenters. The van der Waals surface area contributed by atoms with Crippen molar-refractivity contribution in [2.24, 2.45) is 0 Å². The SMILES string of the molecule is [C-]#[N+]c1ccnc(-c2cccc(-c3ccc4c(c3)sc3cc(-c5cccc(-c6cc(C#N)ccn6)c5)ccc34)c2)c1. The van der Waals surface area contributed by atoms with Gasteiger partial charge >= 0.3 is 0 Å². The first-order valence-corrected chi connectivity index (χ1v) is 13.9. The van der Waals surface area contributed by atoms with Gasteiger partial charge < -0.3 is 0 Å². The van der Waals surface area contributed by atoms with E-state index < -0.39 is 0 Å². The zero-order valence-corrected chi connectivity index (χ0v) is 22.6. The van der Waals surface area contributed by atoms with Crippen LogP contribution in [0.4, 0.5) is 5.69 Å². The fraction of sp³-hybridized carbons (Fsp3) is 0. The van der Waals surface area contributed by atoms with Gasteiger partial charge in [-0.2, -0.15) is 5.26 Å². The molecule has 4 nitrogen and oxygen atoms in total. The summed E-state index contributed by atoms with van der Waals surface area (Å²) in [4.78, 5) is 12.5. The van der Waals surface area contributed by atoms with Crippen LogP contribution in [-0.2, 0) is 0 Å². The van der Waals surface area contributed by atoms with E-state index in [1.54, 1.807) is 35.9 Å². The lowest BCUT2D eigenvalue weighted by Crippen LogP contribution is -1.86. The molecule has 7 rings (SSSR count). The van der Waals surface area contributed by atoms with Gasteiger partial charge in [-0.1, -0.05) is 60.7 Å². The van der Waals surface area contributed by atoms with Gasteiger partial charge in [0, 0.05) is 38.1 Å². The molecule has 7 aromatic rings. The minimum atomic E-state index is 0.586. The molecule has 0 unspecified atom stereocenters. The first kappa shape index (κ1) is 24.4. The molecule has 0 amide bonds. The van der Waals surface area contributed by atoms with Gasteiger partial charge in [-0.3, -0.25) is 9.97 Å². The lowest BCUT2D eigenvalue weighted by atomic mass is 9.99. The highest BCUT2D eigenvalue weighted by molar-refractivity contribution is 7.25. The first-order valence-electron chi connectivity index (χ1n) is 13.1. The largest absolute Gasteiger partial charge is 0.259 e. The molecule has 0 aliphatic heterocycles. The fourth-order valence-corrected chi connectivity index (χ4v) is 6.34. The van der Waals surface area contributed by atoms with E-state index in [0.29, 0.717) is 11.3 Å². The maximum atomic E-state index is 9.27. The molecule has 0 bridgehead atoms. The average molecular weight is 541 g/mol. The highest BCUT2D eigenvalue weighted by Crippen LogP contribution is 2.39. The number of nitriles is 1. The van der Waals surface area contributed by atoms with Gasteiger partial charge in [-0.15, -0.1) is 11.3 Å². The van der Waals surface area contributed by atoms with Gasteiger partial charge in [-0.25, -0.2) is 4.85 Å². The lowest BCUT2D eigenvalue weighted by Gasteiger charge is -2.07. The fourth-order valence-electron chi connectivity index (χ4n) is 5.16. The quantitative estimate of drug-likeness (QED) is 0.209. The molecule has 4 aromatic carbocycles. The van der Waals surface area contributed by atoms with E-state index in [1.165, 1.54) is 20.2 Å². The summed E-state index contributed by atoms with van der Waals surface area (Å²) in [6.07, 6.45) is 3.37. The van der Waals surface area contributed by atoms with Crippen molar-refractivity contribution in [3.8, 4) is 50.8 Å². The molecular formula is C36H20N4S. The van der Waals surface area contributed by atoms with E-state index >= 15 is 0 Å². The summed E-state index contributed by atoms with van der Waals surface area (Å²) in [5.41, 5.74) is 9.27. The smallest absolute Gasteiger partial charge is 0.190 e. The molecule has 0 saturated heterocycles. The Hall–Kier alpha value is -5.62. The van der Waals surface area contributed by atoms with E-state index in [0.717, 1.165) is 44.8 Å². The lowest BCUT2D eigenvalue weighted by molar-refractivity contribution is 1.31. The van der Waals surface area contributed by atoms with Gasteiger partial charge in [-0.05, 0) is 76.3 Å². The Kier molecular flexibility index (Phi) is 6.06. The molecule has 3 aromatic heterocycles. The van der Waals surface area contributed by atoms with Crippen molar-refractivity contribution in [3.05, 3.63) is 139 Å². The molecule has 0 aliphatic carbocycles. The van der Waals surface area contributed by atoms with Crippen molar-refractivity contribution in [1.29, 1.82) is 5.26 Å². The Bertz CT molecular complexity index is 2040. The van der Waals surface area contributed by atoms with Crippen LogP contribution in [0.5, 0.6) is 0 Å². The number of nitrogens with zero attached hydrogens (tertiary/aromatic N) is 4. The zero-order valence-electron chi connectivity index (χ0n) is 21.7. The molecule has 0 N–H and O–H groups in total. The predicted octanol–water partition coefficient (Wildman–Crippen LogP) is 9.93. The van der Waals surface area contributed by atoms with Crippen molar-refractivity contribution >= 4 is 37.2 Å². The molecule has 190 valence electrons. The van der Waals surface area contributed by atoms with Crippen LogP contribution < -0.4 is 0 Å². The zero-order chi connectivity index (χ0) is 27.8. The molecule has 0 spiro atoms. The molecule has 0 fully saturated rings. The second kappa shape index (κ2) is 10.2. The minimum absolute atomic E-state index is 0.586. The molecule has 5 heteroatoms. The molecule has 3 heterocycles. The van der Waals surface area contributed by atoms with Crippen LogP contribution in [0.15, 0.2) is 122 Å². The summed E-state index contributed by atoms with van der Waals surface area (Å²) in [6, 6.07) is 39.2. The third-order valence-corrected chi connectivity index (χ3v) is 8.33. The standard InChI is InChI=1S/C36H20N4S/c1-38-30-13-15-40-34(21-30)29-7-3-5-25(18-29)27-9-11-32-31-10-8-26(19-35(31)41-36(32)20-27)24-4-2-6-28(17-24)33-16-23(22-37)12-14-39-33/h2-21H. The first-order chi connectivity index (χ1) is 20.2. The summed E-state index contributed by atoms with van der Waals surface area (Å²) >= 11 is 1.80. The topological polar surface area (TPSA) is 53.9 Å². The van der Waals surface area contributed by atoms with Crippen LogP contribution >= 0.6 is 11.3 Å². The van der Waals surface area contributed by atoms with Gasteiger partial charge in [0.15, 0.2) is 5.69 Å². The maximum absolute atomic E-state index is 9.27. The van der Waals surface area contributed by atoms with Crippen LogP contribution in [-0.4, -0.2) is 9.97 Å². The molecular weight excluding hydrogens is 520 g/mol. The van der Waals surface area contributed by atoms with E-state index in [-0.39, 0.29) is 0 Å². The van der Waals surface area contributed by atoms with E-state index in [4.69, 9.17) is 6.57 Å². The number of hydrogen-bond acceptors (Lipinski definition) is 4. The summed E-state index contributed by atoms with van der Waals surface area (Å²) in [6.45, 7) is 7.31. The highest BCUT2D eigenvalue weighted by atomic mass is 32.1. The van der Waals surface area contributed by atoms with Gasteiger partial charge in [0.1, 0.15) is 0 Å². The maximum Gasteiger partial charge on any atom is 0.190 e. The van der Waals surface area contributed by atoms with Gasteiger partial charge in [0.25, 0.3) is 0 Å². The Morgan fingerprint density at radius 3 is 1.71 bits per heavy atom. The third-order valence-electron chi connectivity index (χ3n) is 7.22. The van der Waals surface area contributed by atoms with Gasteiger partial charge in [0.05, 0.1) is 29.6 Å². The van der Waals surface area contributed by atoms with Crippen molar-refractivity contribution in [2.45, 2.75) is 0 Å². The van der Waals surface area contributed by atoms with Crippen molar-refractivity contribution < 1.29 is 0 Å². The molecule has 0 aliphatic rings. The molecule has 41 heavy (non-hydrogen) atoms. The second-order valence-corrected chi connectivity index (χ2v) is 10.8. The van der Waals surface area contributed by atoms with Crippen LogP contribution in [0.3, 0.4) is 0 Å². The van der Waals surface area contributed by atoms with E-state index in [1.807, 2.05) is 36.4 Å². The number of thiophene rings is 1. The average Bonchev–Trinajstić information content (AvgIpc) is 3.42. The number of benzene rings is 4. The number of fused-ring (bicyclic) bond motifs is 3. The Balaban J connectivity index is 1.25. The van der Waals surface area contributed by atoms with Crippen LogP contribution in [0.25, 0.3) is 69.8 Å². The monoisotopic (exact) mass is 540 g/mol. The van der Waals surface area contributed by atoms with Crippen LogP contribution in [0, 0.1) is 17.9 Å². The Morgan fingerprint density at radius 2 is 1.12 bits per heavy atom. The third kappa shape index (κ3) is 4.61. The van der Waals surface area contributed by atoms with Crippen molar-refractivity contribution in [3.63, 3.8) is 0 Å². The van der Waals surface area contributed by atoms with Crippen LogP contribution in [0.1, 0.15) is 5.56 Å². The normalized spacial score (nSPS) is 10.9. The number of hydrogen-bond donors (Lipinski definition) is 0. The Labute approximate surface area is 241 Å². The number of aromatic nitrogens is 2. The minimum Gasteiger partial charge on any atom is -0.259 e. The number of pyridine rings is 2. The van der Waals surface area contributed by atoms with Crippen molar-refractivity contribution in [1.82, 2.24) is 9.97 Å². The molecule has 0 saturated carbocycles. The Morgan fingerprint density at radius 1 is 0.585 bits per heavy atom. The summed E-state index contributed by atoms with van der Waals surface area (Å²) in [7, 11) is 0. The van der Waals surface area contributed by atoms with Gasteiger partial charge in [0.2, 0.25) is 0 Å². The summed E-state index contributed by atoms with van der Waals surface area (Å²) in [5, 5.41) is 11.8. The van der Waals surface area contributed by atoms with E-state index in [2.05, 4.69) is 81.5 Å². The predicted molar refractivity (Wildman–Crippen MR) is 168 cm³/mol. The molecule has 0 radical (unpaired) electrons. The van der Waals surface area contributed by atoms with Crippen LogP contribution in [0.2, 0.25) is 0 Å². The van der Waals surface area contributed by atoms with Crippen molar-refractivity contribution in [2.75, 3.05) is 0 Å². The van der Waals surface area contributed by atoms with E-state index in [9.17, 15) is 5.26 Å². The summed E-state index contributed by atoms with van der Waals surface area (Å²) in [5.74, 6) is 0. The second-order valence-electron chi connectivity index (χ2n) is 9.74.